The number of nitrogens with one attached hydrogen (secondary N) is 1. The van der Waals surface area contributed by atoms with Crippen LogP contribution < -0.4 is 5.43 Å². The van der Waals surface area contributed by atoms with Crippen LogP contribution in [0.1, 0.15) is 27.7 Å². The molecule has 26 heavy (non-hydrogen) atoms. The maximum atomic E-state index is 11.9. The number of thiazole rings is 1. The van der Waals surface area contributed by atoms with E-state index >= 15 is 0 Å². The van der Waals surface area contributed by atoms with Crippen LogP contribution in [-0.2, 0) is 11.2 Å². The van der Waals surface area contributed by atoms with E-state index in [2.05, 4.69) is 20.1 Å². The number of carbonyl (C=O) groups is 1. The summed E-state index contributed by atoms with van der Waals surface area (Å²) in [7, 11) is 0. The molecule has 5 nitrogen and oxygen atoms in total. The third-order valence-electron chi connectivity index (χ3n) is 3.96. The van der Waals surface area contributed by atoms with Gasteiger partial charge in [-0.25, -0.2) is 10.4 Å². The van der Waals surface area contributed by atoms with E-state index in [1.165, 1.54) is 11.3 Å². The van der Waals surface area contributed by atoms with Gasteiger partial charge in [0.2, 0.25) is 5.91 Å². The van der Waals surface area contributed by atoms with Gasteiger partial charge in [0.05, 0.1) is 23.3 Å². The monoisotopic (exact) mass is 386 g/mol. The fourth-order valence-corrected chi connectivity index (χ4v) is 3.51. The first-order valence-corrected chi connectivity index (χ1v) is 9.37. The minimum Gasteiger partial charge on any atom is -0.318 e. The second-order valence-corrected chi connectivity index (χ2v) is 7.46. The molecule has 0 saturated carbocycles. The molecule has 0 radical (unpaired) electrons. The van der Waals surface area contributed by atoms with Crippen molar-refractivity contribution < 1.29 is 4.79 Å². The molecule has 1 N–H and O–H groups in total. The lowest BCUT2D eigenvalue weighted by molar-refractivity contribution is -0.120. The number of hydrogen-bond donors (Lipinski definition) is 1. The quantitative estimate of drug-likeness (QED) is 0.527. The van der Waals surface area contributed by atoms with Gasteiger partial charge in [-0.3, -0.25) is 4.79 Å². The van der Waals surface area contributed by atoms with Crippen molar-refractivity contribution >= 4 is 35.1 Å². The average molecular weight is 387 g/mol. The van der Waals surface area contributed by atoms with Crippen molar-refractivity contribution in [2.75, 3.05) is 0 Å². The highest BCUT2D eigenvalue weighted by Crippen LogP contribution is 2.21. The van der Waals surface area contributed by atoms with Crippen molar-refractivity contribution in [3.63, 3.8) is 0 Å². The van der Waals surface area contributed by atoms with Gasteiger partial charge in [-0.2, -0.15) is 5.10 Å². The molecular weight excluding hydrogens is 368 g/mol. The van der Waals surface area contributed by atoms with E-state index < -0.39 is 0 Å². The zero-order valence-electron chi connectivity index (χ0n) is 14.8. The molecule has 0 saturated heterocycles. The van der Waals surface area contributed by atoms with E-state index in [-0.39, 0.29) is 12.3 Å². The Morgan fingerprint density at radius 1 is 1.31 bits per heavy atom. The van der Waals surface area contributed by atoms with Gasteiger partial charge in [-0.15, -0.1) is 11.3 Å². The summed E-state index contributed by atoms with van der Waals surface area (Å²) in [4.78, 5) is 16.2. The highest BCUT2D eigenvalue weighted by molar-refractivity contribution is 7.09. The van der Waals surface area contributed by atoms with Gasteiger partial charge < -0.3 is 4.57 Å². The van der Waals surface area contributed by atoms with Gasteiger partial charge >= 0.3 is 0 Å². The number of hydrazone groups is 1. The zero-order chi connectivity index (χ0) is 18.7. The summed E-state index contributed by atoms with van der Waals surface area (Å²) in [6.45, 7) is 5.96. The number of benzene rings is 1. The molecule has 2 heterocycles. The fourth-order valence-electron chi connectivity index (χ4n) is 2.77. The molecule has 1 amide bonds. The van der Waals surface area contributed by atoms with Crippen LogP contribution >= 0.6 is 22.9 Å². The fraction of sp³-hybridized carbons (Fsp3) is 0.211. The Hall–Kier alpha value is -2.44. The molecule has 0 bridgehead atoms. The molecular formula is C19H19ClN4OS. The van der Waals surface area contributed by atoms with Gasteiger partial charge in [-0.05, 0) is 51.1 Å². The first-order valence-electron chi connectivity index (χ1n) is 8.12. The summed E-state index contributed by atoms with van der Waals surface area (Å²) in [5.74, 6) is -0.182. The lowest BCUT2D eigenvalue weighted by Crippen LogP contribution is -2.20. The molecule has 7 heteroatoms. The number of halogens is 1. The minimum atomic E-state index is -0.182. The summed E-state index contributed by atoms with van der Waals surface area (Å²) < 4.78 is 2.12. The molecule has 0 fully saturated rings. The normalized spacial score (nSPS) is 11.2. The van der Waals surface area contributed by atoms with Crippen LogP contribution in [0.4, 0.5) is 0 Å². The van der Waals surface area contributed by atoms with Crippen molar-refractivity contribution in [2.24, 2.45) is 5.10 Å². The number of amides is 1. The van der Waals surface area contributed by atoms with E-state index in [9.17, 15) is 4.79 Å². The topological polar surface area (TPSA) is 59.3 Å². The van der Waals surface area contributed by atoms with Crippen LogP contribution in [0.15, 0.2) is 40.8 Å². The Bertz CT molecular complexity index is 957. The third-order valence-corrected chi connectivity index (χ3v) is 5.03. The van der Waals surface area contributed by atoms with Crippen LogP contribution in [0.25, 0.3) is 5.69 Å². The molecule has 0 atom stereocenters. The van der Waals surface area contributed by atoms with Crippen molar-refractivity contribution in [1.82, 2.24) is 15.0 Å². The Morgan fingerprint density at radius 3 is 2.69 bits per heavy atom. The highest BCUT2D eigenvalue weighted by atomic mass is 35.5. The first-order chi connectivity index (χ1) is 12.4. The molecule has 0 spiro atoms. The summed E-state index contributed by atoms with van der Waals surface area (Å²) in [5.41, 5.74) is 7.43. The predicted molar refractivity (Wildman–Crippen MR) is 107 cm³/mol. The molecule has 3 aromatic rings. The first kappa shape index (κ1) is 18.4. The second kappa shape index (κ2) is 7.85. The minimum absolute atomic E-state index is 0.182. The molecule has 3 rings (SSSR count). The molecule has 1 aromatic carbocycles. The van der Waals surface area contributed by atoms with Crippen LogP contribution in [0, 0.1) is 20.8 Å². The van der Waals surface area contributed by atoms with Gasteiger partial charge in [0.25, 0.3) is 0 Å². The third kappa shape index (κ3) is 4.20. The molecule has 134 valence electrons. The van der Waals surface area contributed by atoms with Crippen molar-refractivity contribution in [3.8, 4) is 5.69 Å². The maximum Gasteiger partial charge on any atom is 0.246 e. The second-order valence-electron chi connectivity index (χ2n) is 5.97. The lowest BCUT2D eigenvalue weighted by Gasteiger charge is -2.09. The zero-order valence-corrected chi connectivity index (χ0v) is 16.4. The number of hydrogen-bond acceptors (Lipinski definition) is 4. The molecule has 2 aromatic heterocycles. The summed E-state index contributed by atoms with van der Waals surface area (Å²) in [5, 5.41) is 7.63. The number of carbonyl (C=O) groups excluding carboxylic acids is 1. The molecule has 0 aliphatic heterocycles. The van der Waals surface area contributed by atoms with E-state index in [0.717, 1.165) is 33.3 Å². The smallest absolute Gasteiger partial charge is 0.246 e. The standard InChI is InChI=1S/C19H19ClN4OS/c1-12-8-15(13(2)24(12)18-6-4-16(20)5-7-18)10-21-23-19(25)9-17-11-26-14(3)22-17/h4-8,10-11H,9H2,1-3H3,(H,23,25)/b21-10-. The van der Waals surface area contributed by atoms with E-state index in [4.69, 9.17) is 11.6 Å². The number of aryl methyl sites for hydroxylation is 2. The van der Waals surface area contributed by atoms with Crippen molar-refractivity contribution in [1.29, 1.82) is 0 Å². The van der Waals surface area contributed by atoms with E-state index in [1.54, 1.807) is 6.21 Å². The Labute approximate surface area is 161 Å². The predicted octanol–water partition coefficient (Wildman–Crippen LogP) is 4.21. The van der Waals surface area contributed by atoms with Crippen LogP contribution in [0.2, 0.25) is 5.02 Å². The van der Waals surface area contributed by atoms with Crippen LogP contribution in [-0.4, -0.2) is 21.7 Å². The van der Waals surface area contributed by atoms with Gasteiger partial charge in [0.1, 0.15) is 0 Å². The van der Waals surface area contributed by atoms with E-state index in [1.807, 2.05) is 56.5 Å². The Morgan fingerprint density at radius 2 is 2.04 bits per heavy atom. The average Bonchev–Trinajstić information content (AvgIpc) is 3.12. The molecule has 0 aliphatic rings. The van der Waals surface area contributed by atoms with Gasteiger partial charge in [0, 0.05) is 33.0 Å². The summed E-state index contributed by atoms with van der Waals surface area (Å²) >= 11 is 7.50. The number of rotatable bonds is 5. The van der Waals surface area contributed by atoms with Crippen LogP contribution in [0.5, 0.6) is 0 Å². The highest BCUT2D eigenvalue weighted by Gasteiger charge is 2.10. The Kier molecular flexibility index (Phi) is 5.54. The lowest BCUT2D eigenvalue weighted by atomic mass is 10.2. The van der Waals surface area contributed by atoms with Gasteiger partial charge in [-0.1, -0.05) is 11.6 Å². The number of aromatic nitrogens is 2. The SMILES string of the molecule is Cc1nc(CC(=O)N/N=C\c2cc(C)n(-c3ccc(Cl)cc3)c2C)cs1. The van der Waals surface area contributed by atoms with Crippen molar-refractivity contribution in [3.05, 3.63) is 68.4 Å². The van der Waals surface area contributed by atoms with Crippen LogP contribution in [0.3, 0.4) is 0 Å². The molecule has 0 aliphatic carbocycles. The molecule has 0 unspecified atom stereocenters. The maximum absolute atomic E-state index is 11.9. The van der Waals surface area contributed by atoms with E-state index in [0.29, 0.717) is 5.02 Å². The summed E-state index contributed by atoms with van der Waals surface area (Å²) in [6.07, 6.45) is 1.89. The van der Waals surface area contributed by atoms with Gasteiger partial charge in [0.15, 0.2) is 0 Å². The largest absolute Gasteiger partial charge is 0.318 e. The Balaban J connectivity index is 1.70. The van der Waals surface area contributed by atoms with Crippen molar-refractivity contribution in [2.45, 2.75) is 27.2 Å². The number of nitrogens with zero attached hydrogens (tertiary/aromatic N) is 3. The summed E-state index contributed by atoms with van der Waals surface area (Å²) in [6, 6.07) is 9.71.